The van der Waals surface area contributed by atoms with Crippen molar-refractivity contribution >= 4 is 11.0 Å². The van der Waals surface area contributed by atoms with Crippen LogP contribution in [0, 0.1) is 0 Å². The first kappa shape index (κ1) is 6.37. The predicted octanol–water partition coefficient (Wildman–Crippen LogP) is 1.42. The second-order valence-electron chi connectivity index (χ2n) is 2.33. The summed E-state index contributed by atoms with van der Waals surface area (Å²) in [6.45, 7) is -0.263. The van der Waals surface area contributed by atoms with Crippen molar-refractivity contribution < 1.29 is 5.11 Å². The average Bonchev–Trinajstić information content (AvgIpc) is 2.47. The molecule has 2 aromatic rings. The van der Waals surface area contributed by atoms with Gasteiger partial charge in [-0.25, -0.2) is 10.1 Å². The largest absolute Gasteiger partial charge is 0.303 e. The Morgan fingerprint density at radius 2 is 2.18 bits per heavy atom. The molecule has 0 spiro atoms. The number of fused-ring (bicyclic) bond motifs is 1. The number of imidazole rings is 1. The topological polar surface area (TPSA) is 37.7 Å². The Balaban J connectivity index is 2.76. The highest BCUT2D eigenvalue weighted by molar-refractivity contribution is 5.74. The van der Waals surface area contributed by atoms with Crippen LogP contribution in [0.15, 0.2) is 30.6 Å². The zero-order valence-corrected chi connectivity index (χ0v) is 5.90. The summed E-state index contributed by atoms with van der Waals surface area (Å²) in [6.07, 6.45) is 1.57. The molecule has 3 nitrogen and oxygen atoms in total. The second-order valence-corrected chi connectivity index (χ2v) is 2.33. The highest BCUT2D eigenvalue weighted by Gasteiger charge is 1.97. The number of hydrogen-bond acceptors (Lipinski definition) is 1. The van der Waals surface area contributed by atoms with Crippen LogP contribution < -0.4 is 0 Å². The Bertz CT molecular complexity index is 367. The van der Waals surface area contributed by atoms with E-state index in [9.17, 15) is 5.11 Å². The molecule has 0 aliphatic heterocycles. The normalized spacial score (nSPS) is 10.6. The number of para-hydroxylation sites is 2. The van der Waals surface area contributed by atoms with Crippen LogP contribution in [-0.2, 0) is 11.8 Å². The number of benzene rings is 1. The molecule has 0 atom stereocenters. The van der Waals surface area contributed by atoms with E-state index < -0.39 is 0 Å². The standard InChI is InChI=1S/C8H7N2O/c11-6-10-5-9-7-3-1-2-4-8(7)10/h1-5H,6H2. The molecule has 0 saturated heterocycles. The molecule has 1 heterocycles. The molecule has 1 radical (unpaired) electrons. The lowest BCUT2D eigenvalue weighted by molar-refractivity contribution is 0.122. The van der Waals surface area contributed by atoms with Gasteiger partial charge in [0.15, 0.2) is 6.73 Å². The van der Waals surface area contributed by atoms with Gasteiger partial charge in [0.05, 0.1) is 17.4 Å². The van der Waals surface area contributed by atoms with Crippen LogP contribution in [-0.4, -0.2) is 9.55 Å². The summed E-state index contributed by atoms with van der Waals surface area (Å²) < 4.78 is 1.58. The van der Waals surface area contributed by atoms with Crippen molar-refractivity contribution in [2.45, 2.75) is 6.73 Å². The summed E-state index contributed by atoms with van der Waals surface area (Å²) in [7, 11) is 0. The van der Waals surface area contributed by atoms with Crippen molar-refractivity contribution in [3.05, 3.63) is 30.6 Å². The Hall–Kier alpha value is -1.35. The van der Waals surface area contributed by atoms with Crippen molar-refractivity contribution in [3.63, 3.8) is 0 Å². The molecule has 0 unspecified atom stereocenters. The van der Waals surface area contributed by atoms with E-state index in [4.69, 9.17) is 0 Å². The van der Waals surface area contributed by atoms with Gasteiger partial charge < -0.3 is 4.57 Å². The number of rotatable bonds is 1. The Morgan fingerprint density at radius 3 is 3.00 bits per heavy atom. The molecule has 0 aliphatic rings. The zero-order chi connectivity index (χ0) is 7.68. The van der Waals surface area contributed by atoms with Gasteiger partial charge >= 0.3 is 0 Å². The summed E-state index contributed by atoms with van der Waals surface area (Å²) in [5.74, 6) is 0. The third kappa shape index (κ3) is 0.897. The van der Waals surface area contributed by atoms with Gasteiger partial charge in [0.25, 0.3) is 0 Å². The van der Waals surface area contributed by atoms with Crippen molar-refractivity contribution in [2.24, 2.45) is 0 Å². The molecule has 1 aromatic carbocycles. The quantitative estimate of drug-likeness (QED) is 0.601. The fourth-order valence-corrected chi connectivity index (χ4v) is 1.11. The van der Waals surface area contributed by atoms with Gasteiger partial charge in [0.1, 0.15) is 0 Å². The molecule has 0 N–H and O–H groups in total. The SMILES string of the molecule is [O]Cn1cnc2ccccc21. The van der Waals surface area contributed by atoms with Crippen LogP contribution in [0.25, 0.3) is 11.0 Å². The van der Waals surface area contributed by atoms with Crippen LogP contribution in [0.4, 0.5) is 0 Å². The minimum absolute atomic E-state index is 0.263. The van der Waals surface area contributed by atoms with E-state index in [0.29, 0.717) is 0 Å². The van der Waals surface area contributed by atoms with Gasteiger partial charge in [0, 0.05) is 0 Å². The lowest BCUT2D eigenvalue weighted by Crippen LogP contribution is -1.91. The summed E-state index contributed by atoms with van der Waals surface area (Å²) in [4.78, 5) is 4.05. The number of hydrogen-bond donors (Lipinski definition) is 0. The fraction of sp³-hybridized carbons (Fsp3) is 0.125. The van der Waals surface area contributed by atoms with Crippen LogP contribution in [0.3, 0.4) is 0 Å². The molecule has 0 amide bonds. The van der Waals surface area contributed by atoms with E-state index in [1.54, 1.807) is 10.9 Å². The predicted molar refractivity (Wildman–Crippen MR) is 40.4 cm³/mol. The first-order valence-corrected chi connectivity index (χ1v) is 3.40. The van der Waals surface area contributed by atoms with Crippen molar-refractivity contribution in [1.82, 2.24) is 9.55 Å². The van der Waals surface area contributed by atoms with Gasteiger partial charge in [-0.3, -0.25) is 0 Å². The smallest absolute Gasteiger partial charge is 0.159 e. The molecule has 3 heteroatoms. The van der Waals surface area contributed by atoms with Gasteiger partial charge in [-0.2, -0.15) is 0 Å². The van der Waals surface area contributed by atoms with Gasteiger partial charge in [-0.1, -0.05) is 12.1 Å². The monoisotopic (exact) mass is 147 g/mol. The van der Waals surface area contributed by atoms with Crippen LogP contribution >= 0.6 is 0 Å². The van der Waals surface area contributed by atoms with E-state index in [1.165, 1.54) is 0 Å². The van der Waals surface area contributed by atoms with E-state index in [2.05, 4.69) is 4.98 Å². The van der Waals surface area contributed by atoms with Crippen LogP contribution in [0.2, 0.25) is 0 Å². The van der Waals surface area contributed by atoms with Gasteiger partial charge in [-0.05, 0) is 12.1 Å². The number of nitrogens with zero attached hydrogens (tertiary/aromatic N) is 2. The minimum atomic E-state index is -0.263. The van der Waals surface area contributed by atoms with Gasteiger partial charge in [-0.15, -0.1) is 0 Å². The third-order valence-electron chi connectivity index (χ3n) is 1.67. The lowest BCUT2D eigenvalue weighted by Gasteiger charge is -1.93. The zero-order valence-electron chi connectivity index (χ0n) is 5.90. The van der Waals surface area contributed by atoms with Crippen LogP contribution in [0.5, 0.6) is 0 Å². The fourth-order valence-electron chi connectivity index (χ4n) is 1.11. The molecule has 0 saturated carbocycles. The maximum Gasteiger partial charge on any atom is 0.159 e. The minimum Gasteiger partial charge on any atom is -0.303 e. The first-order valence-electron chi connectivity index (χ1n) is 3.40. The molecule has 55 valence electrons. The summed E-state index contributed by atoms with van der Waals surface area (Å²) in [5.41, 5.74) is 1.78. The third-order valence-corrected chi connectivity index (χ3v) is 1.67. The molecule has 0 fully saturated rings. The number of aromatic nitrogens is 2. The first-order chi connectivity index (χ1) is 5.42. The molecule has 0 aliphatic carbocycles. The maximum absolute atomic E-state index is 10.5. The molecule has 2 rings (SSSR count). The van der Waals surface area contributed by atoms with E-state index in [-0.39, 0.29) is 6.73 Å². The molecule has 11 heavy (non-hydrogen) atoms. The lowest BCUT2D eigenvalue weighted by atomic mass is 10.3. The van der Waals surface area contributed by atoms with Crippen molar-refractivity contribution in [1.29, 1.82) is 0 Å². The van der Waals surface area contributed by atoms with E-state index >= 15 is 0 Å². The average molecular weight is 147 g/mol. The summed E-state index contributed by atoms with van der Waals surface area (Å²) in [5, 5.41) is 10.5. The molecular weight excluding hydrogens is 140 g/mol. The summed E-state index contributed by atoms with van der Waals surface area (Å²) in [6, 6.07) is 7.59. The molecule has 0 bridgehead atoms. The second kappa shape index (κ2) is 2.36. The van der Waals surface area contributed by atoms with E-state index in [0.717, 1.165) is 11.0 Å². The van der Waals surface area contributed by atoms with Crippen molar-refractivity contribution in [2.75, 3.05) is 0 Å². The Labute approximate surface area is 63.9 Å². The Kier molecular flexibility index (Phi) is 1.36. The highest BCUT2D eigenvalue weighted by atomic mass is 16.3. The summed E-state index contributed by atoms with van der Waals surface area (Å²) >= 11 is 0. The van der Waals surface area contributed by atoms with Gasteiger partial charge in [0.2, 0.25) is 0 Å². The Morgan fingerprint density at radius 1 is 1.36 bits per heavy atom. The highest BCUT2D eigenvalue weighted by Crippen LogP contribution is 2.10. The van der Waals surface area contributed by atoms with Crippen LogP contribution in [0.1, 0.15) is 0 Å². The van der Waals surface area contributed by atoms with Crippen molar-refractivity contribution in [3.8, 4) is 0 Å². The molecular formula is C8H7N2O. The molecule has 1 aromatic heterocycles. The van der Waals surface area contributed by atoms with E-state index in [1.807, 2.05) is 24.3 Å². The maximum atomic E-state index is 10.5.